The van der Waals surface area contributed by atoms with Crippen LogP contribution in [0.3, 0.4) is 0 Å². The number of benzene rings is 2. The molecule has 1 heterocycles. The summed E-state index contributed by atoms with van der Waals surface area (Å²) in [5, 5.41) is 16.2. The van der Waals surface area contributed by atoms with Crippen LogP contribution in [0.5, 0.6) is 5.75 Å². The molecule has 1 amide bonds. The maximum absolute atomic E-state index is 13.1. The molecule has 4 rings (SSSR count). The molecular formula is C22H21FN4O4. The zero-order valence-electron chi connectivity index (χ0n) is 16.8. The molecule has 9 heteroatoms. The van der Waals surface area contributed by atoms with Crippen molar-refractivity contribution in [1.82, 2.24) is 9.80 Å². The van der Waals surface area contributed by atoms with Crippen molar-refractivity contribution in [1.29, 1.82) is 0 Å². The molecule has 0 saturated carbocycles. The Morgan fingerprint density at radius 1 is 0.935 bits per heavy atom. The lowest BCUT2D eigenvalue weighted by Gasteiger charge is -2.32. The van der Waals surface area contributed by atoms with Crippen LogP contribution in [0.15, 0.2) is 52.1 Å². The lowest BCUT2D eigenvalue weighted by molar-refractivity contribution is 0.0661. The third-order valence-electron chi connectivity index (χ3n) is 5.34. The van der Waals surface area contributed by atoms with E-state index in [1.54, 1.807) is 11.0 Å². The third kappa shape index (κ3) is 3.99. The fourth-order valence-electron chi connectivity index (χ4n) is 3.44. The van der Waals surface area contributed by atoms with Gasteiger partial charge < -0.3 is 25.5 Å². The molecular weight excluding hydrogens is 403 g/mol. The molecule has 0 spiro atoms. The van der Waals surface area contributed by atoms with Gasteiger partial charge in [-0.05, 0) is 43.4 Å². The van der Waals surface area contributed by atoms with E-state index in [4.69, 9.17) is 0 Å². The molecule has 0 atom stereocenters. The van der Waals surface area contributed by atoms with E-state index in [1.165, 1.54) is 36.4 Å². The van der Waals surface area contributed by atoms with Crippen LogP contribution in [0.2, 0.25) is 0 Å². The van der Waals surface area contributed by atoms with E-state index in [9.17, 15) is 23.9 Å². The van der Waals surface area contributed by atoms with Gasteiger partial charge in [0.2, 0.25) is 0 Å². The number of hydrogen-bond donors (Lipinski definition) is 3. The van der Waals surface area contributed by atoms with Gasteiger partial charge in [0, 0.05) is 31.9 Å². The summed E-state index contributed by atoms with van der Waals surface area (Å²) in [6, 6.07) is 9.92. The minimum Gasteiger partial charge on any atom is -0.505 e. The van der Waals surface area contributed by atoms with Gasteiger partial charge in [-0.25, -0.2) is 4.39 Å². The SMILES string of the molecule is CN1CCN(C(=O)c2cccc(Nc3c(Nc4ccc(F)cc4)c(=O)c3=O)c2O)CC1. The minimum atomic E-state index is -0.750. The van der Waals surface area contributed by atoms with E-state index >= 15 is 0 Å². The highest BCUT2D eigenvalue weighted by Gasteiger charge is 2.26. The van der Waals surface area contributed by atoms with E-state index in [1.807, 2.05) is 7.05 Å². The highest BCUT2D eigenvalue weighted by molar-refractivity contribution is 5.99. The van der Waals surface area contributed by atoms with Crippen LogP contribution in [-0.4, -0.2) is 54.0 Å². The van der Waals surface area contributed by atoms with E-state index in [0.29, 0.717) is 18.8 Å². The van der Waals surface area contributed by atoms with Crippen LogP contribution < -0.4 is 21.5 Å². The van der Waals surface area contributed by atoms with Gasteiger partial charge in [0.1, 0.15) is 17.2 Å². The summed E-state index contributed by atoms with van der Waals surface area (Å²) in [6.45, 7) is 2.59. The maximum Gasteiger partial charge on any atom is 0.257 e. The van der Waals surface area contributed by atoms with Crippen molar-refractivity contribution in [2.45, 2.75) is 0 Å². The molecule has 0 unspecified atom stereocenters. The summed E-state index contributed by atoms with van der Waals surface area (Å²) in [7, 11) is 1.98. The van der Waals surface area contributed by atoms with Gasteiger partial charge in [-0.1, -0.05) is 6.07 Å². The molecule has 3 aromatic rings. The van der Waals surface area contributed by atoms with Crippen molar-refractivity contribution in [3.05, 3.63) is 74.3 Å². The Hall–Kier alpha value is -3.72. The molecule has 160 valence electrons. The Morgan fingerprint density at radius 2 is 1.55 bits per heavy atom. The molecule has 1 saturated heterocycles. The maximum atomic E-state index is 13.1. The van der Waals surface area contributed by atoms with Crippen LogP contribution in [0.1, 0.15) is 10.4 Å². The van der Waals surface area contributed by atoms with Gasteiger partial charge in [0.05, 0.1) is 11.3 Å². The first-order valence-electron chi connectivity index (χ1n) is 9.78. The minimum absolute atomic E-state index is 0.00630. The molecule has 1 aliphatic rings. The first-order valence-corrected chi connectivity index (χ1v) is 9.78. The number of phenols is 1. The Morgan fingerprint density at radius 3 is 2.19 bits per heavy atom. The number of aromatic hydroxyl groups is 1. The largest absolute Gasteiger partial charge is 0.505 e. The lowest BCUT2D eigenvalue weighted by atomic mass is 10.1. The monoisotopic (exact) mass is 424 g/mol. The van der Waals surface area contributed by atoms with Crippen LogP contribution in [0.25, 0.3) is 0 Å². The predicted octanol–water partition coefficient (Wildman–Crippen LogP) is 2.00. The number of likely N-dealkylation sites (N-methyl/N-ethyl adjacent to an activating group) is 1. The Bertz CT molecular complexity index is 1190. The molecule has 0 aliphatic carbocycles. The van der Waals surface area contributed by atoms with Gasteiger partial charge in [-0.2, -0.15) is 0 Å². The zero-order chi connectivity index (χ0) is 22.1. The number of hydrogen-bond acceptors (Lipinski definition) is 7. The number of amides is 1. The number of nitrogens with zero attached hydrogens (tertiary/aromatic N) is 2. The molecule has 8 nitrogen and oxygen atoms in total. The third-order valence-corrected chi connectivity index (χ3v) is 5.34. The Balaban J connectivity index is 1.57. The zero-order valence-corrected chi connectivity index (χ0v) is 16.8. The number of piperazine rings is 1. The van der Waals surface area contributed by atoms with Gasteiger partial charge in [-0.3, -0.25) is 14.4 Å². The van der Waals surface area contributed by atoms with E-state index < -0.39 is 16.7 Å². The van der Waals surface area contributed by atoms with Crippen molar-refractivity contribution in [3.63, 3.8) is 0 Å². The first-order chi connectivity index (χ1) is 14.8. The van der Waals surface area contributed by atoms with Gasteiger partial charge in [-0.15, -0.1) is 0 Å². The fraction of sp³-hybridized carbons (Fsp3) is 0.227. The van der Waals surface area contributed by atoms with Crippen molar-refractivity contribution in [2.75, 3.05) is 43.9 Å². The second kappa shape index (κ2) is 8.19. The van der Waals surface area contributed by atoms with Crippen LogP contribution >= 0.6 is 0 Å². The number of rotatable bonds is 5. The first kappa shape index (κ1) is 20.5. The highest BCUT2D eigenvalue weighted by Crippen LogP contribution is 2.33. The molecule has 1 fully saturated rings. The Kier molecular flexibility index (Phi) is 5.43. The fourth-order valence-corrected chi connectivity index (χ4v) is 3.44. The van der Waals surface area contributed by atoms with Crippen LogP contribution in [-0.2, 0) is 0 Å². The predicted molar refractivity (Wildman–Crippen MR) is 116 cm³/mol. The van der Waals surface area contributed by atoms with E-state index in [-0.39, 0.29) is 34.3 Å². The van der Waals surface area contributed by atoms with E-state index in [2.05, 4.69) is 15.5 Å². The number of anilines is 4. The summed E-state index contributed by atoms with van der Waals surface area (Å²) in [5.74, 6) is -1.03. The quantitative estimate of drug-likeness (QED) is 0.425. The summed E-state index contributed by atoms with van der Waals surface area (Å²) in [5.41, 5.74) is -0.827. The van der Waals surface area contributed by atoms with E-state index in [0.717, 1.165) is 13.1 Å². The number of halogens is 1. The second-order valence-electron chi connectivity index (χ2n) is 7.46. The average molecular weight is 424 g/mol. The smallest absolute Gasteiger partial charge is 0.257 e. The Labute approximate surface area is 177 Å². The van der Waals surface area contributed by atoms with Crippen molar-refractivity contribution >= 4 is 28.7 Å². The normalized spacial score (nSPS) is 14.6. The topological polar surface area (TPSA) is 102 Å². The highest BCUT2D eigenvalue weighted by atomic mass is 19.1. The van der Waals surface area contributed by atoms with Crippen LogP contribution in [0.4, 0.5) is 27.1 Å². The number of carbonyl (C=O) groups is 1. The molecule has 0 bridgehead atoms. The standard InChI is InChI=1S/C22H21FN4O4/c1-26-9-11-27(12-10-26)22(31)15-3-2-4-16(19(15)28)25-18-17(20(29)21(18)30)24-14-7-5-13(23)6-8-14/h2-8,24-25,28H,9-12H2,1H3. The number of nitrogens with one attached hydrogen (secondary N) is 2. The number of para-hydroxylation sites is 1. The van der Waals surface area contributed by atoms with Gasteiger partial charge >= 0.3 is 0 Å². The lowest BCUT2D eigenvalue weighted by Crippen LogP contribution is -2.47. The summed E-state index contributed by atoms with van der Waals surface area (Å²) < 4.78 is 13.1. The van der Waals surface area contributed by atoms with Gasteiger partial charge in [0.15, 0.2) is 5.75 Å². The number of phenolic OH excluding ortho intramolecular Hbond substituents is 1. The second-order valence-corrected chi connectivity index (χ2v) is 7.46. The van der Waals surface area contributed by atoms with Crippen molar-refractivity contribution in [2.24, 2.45) is 0 Å². The van der Waals surface area contributed by atoms with Crippen molar-refractivity contribution in [3.8, 4) is 5.75 Å². The number of carbonyl (C=O) groups excluding carboxylic acids is 1. The molecule has 3 aromatic carbocycles. The molecule has 3 N–H and O–H groups in total. The van der Waals surface area contributed by atoms with Crippen LogP contribution in [0, 0.1) is 5.82 Å². The summed E-state index contributed by atoms with van der Waals surface area (Å²) in [6.07, 6.45) is 0. The molecule has 0 radical (unpaired) electrons. The molecule has 0 aromatic heterocycles. The van der Waals surface area contributed by atoms with Gasteiger partial charge in [0.25, 0.3) is 16.8 Å². The summed E-state index contributed by atoms with van der Waals surface area (Å²) in [4.78, 5) is 40.7. The van der Waals surface area contributed by atoms with Crippen molar-refractivity contribution < 1.29 is 14.3 Å². The molecule has 31 heavy (non-hydrogen) atoms. The summed E-state index contributed by atoms with van der Waals surface area (Å²) >= 11 is 0. The average Bonchev–Trinajstić information content (AvgIpc) is 2.78. The molecule has 1 aliphatic heterocycles.